The van der Waals surface area contributed by atoms with Crippen molar-refractivity contribution in [1.29, 1.82) is 0 Å². The Hall–Kier alpha value is -1.42. The van der Waals surface area contributed by atoms with E-state index in [1.54, 1.807) is 23.9 Å². The minimum atomic E-state index is -0.265. The third kappa shape index (κ3) is 2.88. The number of rotatable bonds is 2. The minimum absolute atomic E-state index is 0.265. The van der Waals surface area contributed by atoms with Gasteiger partial charge in [-0.1, -0.05) is 11.6 Å². The van der Waals surface area contributed by atoms with Crippen LogP contribution in [-0.2, 0) is 0 Å². The zero-order valence-electron chi connectivity index (χ0n) is 10.6. The van der Waals surface area contributed by atoms with Crippen LogP contribution in [0.1, 0.15) is 20.3 Å². The third-order valence-corrected chi connectivity index (χ3v) is 3.99. The van der Waals surface area contributed by atoms with Crippen molar-refractivity contribution < 1.29 is 4.39 Å². The first-order valence-corrected chi connectivity index (χ1v) is 6.88. The molecule has 18 heavy (non-hydrogen) atoms. The van der Waals surface area contributed by atoms with Crippen LogP contribution in [0, 0.1) is 5.82 Å². The molecule has 3 N–H and O–H groups in total. The molecule has 96 valence electrons. The second kappa shape index (κ2) is 5.48. The van der Waals surface area contributed by atoms with E-state index in [0.29, 0.717) is 11.5 Å². The highest BCUT2D eigenvalue weighted by atomic mass is 32.2. The molecule has 0 atom stereocenters. The highest BCUT2D eigenvalue weighted by Crippen LogP contribution is 2.38. The highest BCUT2D eigenvalue weighted by molar-refractivity contribution is 8.03. The average molecular weight is 264 g/mol. The Bertz CT molecular complexity index is 516. The lowest BCUT2D eigenvalue weighted by Gasteiger charge is -2.11. The molecule has 1 aromatic rings. The summed E-state index contributed by atoms with van der Waals surface area (Å²) in [7, 11) is 0. The van der Waals surface area contributed by atoms with Crippen LogP contribution in [0.2, 0.25) is 0 Å². The van der Waals surface area contributed by atoms with Gasteiger partial charge >= 0.3 is 0 Å². The van der Waals surface area contributed by atoms with Gasteiger partial charge in [-0.05, 0) is 44.0 Å². The number of thioether (sulfide) groups is 1. The van der Waals surface area contributed by atoms with Crippen molar-refractivity contribution in [2.24, 2.45) is 5.73 Å². The van der Waals surface area contributed by atoms with Crippen LogP contribution in [0.5, 0.6) is 0 Å². The second-order valence-corrected chi connectivity index (χ2v) is 5.56. The van der Waals surface area contributed by atoms with Gasteiger partial charge in [0.05, 0.1) is 4.91 Å². The predicted octanol–water partition coefficient (Wildman–Crippen LogP) is 3.84. The van der Waals surface area contributed by atoms with Crippen LogP contribution in [-0.4, -0.2) is 5.75 Å². The van der Waals surface area contributed by atoms with Crippen molar-refractivity contribution in [2.75, 3.05) is 11.1 Å². The zero-order chi connectivity index (χ0) is 13.1. The Morgan fingerprint density at radius 3 is 2.83 bits per heavy atom. The van der Waals surface area contributed by atoms with Crippen LogP contribution in [0.4, 0.5) is 10.1 Å². The lowest BCUT2D eigenvalue weighted by molar-refractivity contribution is 0.628. The summed E-state index contributed by atoms with van der Waals surface area (Å²) in [5.41, 5.74) is 9.36. The Labute approximate surface area is 111 Å². The number of nitrogens with two attached hydrogens (primary N) is 1. The first-order valence-electron chi connectivity index (χ1n) is 5.90. The molecule has 0 unspecified atom stereocenters. The largest absolute Gasteiger partial charge is 0.384 e. The van der Waals surface area contributed by atoms with Gasteiger partial charge < -0.3 is 11.1 Å². The first kappa shape index (κ1) is 13.0. The van der Waals surface area contributed by atoms with Crippen LogP contribution in [0.25, 0.3) is 0 Å². The van der Waals surface area contributed by atoms with E-state index in [2.05, 4.69) is 19.2 Å². The smallest absolute Gasteiger partial charge is 0.125 e. The van der Waals surface area contributed by atoms with Crippen molar-refractivity contribution in [3.63, 3.8) is 0 Å². The van der Waals surface area contributed by atoms with Gasteiger partial charge in [0.1, 0.15) is 11.6 Å². The molecule has 0 aromatic heterocycles. The number of allylic oxidation sites excluding steroid dienone is 2. The fourth-order valence-corrected chi connectivity index (χ4v) is 3.15. The van der Waals surface area contributed by atoms with Crippen molar-refractivity contribution >= 4 is 17.4 Å². The molecular formula is C14H17FN2S. The molecule has 0 radical (unpaired) electrons. The molecular weight excluding hydrogens is 247 g/mol. The summed E-state index contributed by atoms with van der Waals surface area (Å²) in [6.45, 7) is 4.19. The molecule has 1 saturated heterocycles. The van der Waals surface area contributed by atoms with E-state index < -0.39 is 0 Å². The Balaban J connectivity index is 2.26. The first-order chi connectivity index (χ1) is 8.58. The molecule has 1 aliphatic rings. The average Bonchev–Trinajstić information content (AvgIpc) is 2.77. The maximum absolute atomic E-state index is 13.1. The molecule has 0 amide bonds. The zero-order valence-corrected chi connectivity index (χ0v) is 11.4. The molecule has 1 heterocycles. The van der Waals surface area contributed by atoms with Crippen LogP contribution in [0.3, 0.4) is 0 Å². The Morgan fingerprint density at radius 1 is 1.39 bits per heavy atom. The van der Waals surface area contributed by atoms with E-state index in [0.717, 1.165) is 17.1 Å². The fourth-order valence-electron chi connectivity index (χ4n) is 1.95. The molecule has 0 bridgehead atoms. The van der Waals surface area contributed by atoms with Gasteiger partial charge in [-0.2, -0.15) is 0 Å². The highest BCUT2D eigenvalue weighted by Gasteiger charge is 2.19. The summed E-state index contributed by atoms with van der Waals surface area (Å²) in [4.78, 5) is 1.10. The minimum Gasteiger partial charge on any atom is -0.384 e. The summed E-state index contributed by atoms with van der Waals surface area (Å²) >= 11 is 1.75. The molecule has 4 heteroatoms. The maximum Gasteiger partial charge on any atom is 0.125 e. The molecule has 1 fully saturated rings. The van der Waals surface area contributed by atoms with Crippen molar-refractivity contribution in [3.05, 3.63) is 52.0 Å². The molecule has 0 spiro atoms. The lowest BCUT2D eigenvalue weighted by Crippen LogP contribution is -2.11. The third-order valence-electron chi connectivity index (χ3n) is 2.82. The predicted molar refractivity (Wildman–Crippen MR) is 76.7 cm³/mol. The van der Waals surface area contributed by atoms with E-state index in [-0.39, 0.29) is 5.82 Å². The molecule has 1 aliphatic heterocycles. The van der Waals surface area contributed by atoms with Gasteiger partial charge in [0.2, 0.25) is 0 Å². The van der Waals surface area contributed by atoms with E-state index >= 15 is 0 Å². The normalized spacial score (nSPS) is 17.8. The number of halogens is 1. The van der Waals surface area contributed by atoms with Crippen LogP contribution < -0.4 is 11.1 Å². The molecule has 2 nitrogen and oxygen atoms in total. The number of hydrogen-bond donors (Lipinski definition) is 2. The summed E-state index contributed by atoms with van der Waals surface area (Å²) < 4.78 is 13.1. The van der Waals surface area contributed by atoms with Gasteiger partial charge in [-0.3, -0.25) is 0 Å². The van der Waals surface area contributed by atoms with Gasteiger partial charge in [-0.15, -0.1) is 11.8 Å². The van der Waals surface area contributed by atoms with E-state index in [4.69, 9.17) is 5.73 Å². The SMILES string of the molecule is CC(C)=C1CCS/C1=C(/N)Nc1cccc(F)c1. The number of benzene rings is 1. The van der Waals surface area contributed by atoms with Gasteiger partial charge in [0.25, 0.3) is 0 Å². The molecule has 2 rings (SSSR count). The Kier molecular flexibility index (Phi) is 3.97. The summed E-state index contributed by atoms with van der Waals surface area (Å²) in [5.74, 6) is 1.40. The van der Waals surface area contributed by atoms with Gasteiger partial charge in [0, 0.05) is 11.4 Å². The van der Waals surface area contributed by atoms with Gasteiger partial charge in [-0.25, -0.2) is 4.39 Å². The van der Waals surface area contributed by atoms with Crippen LogP contribution in [0.15, 0.2) is 46.1 Å². The fraction of sp³-hybridized carbons (Fsp3) is 0.286. The van der Waals surface area contributed by atoms with Crippen molar-refractivity contribution in [1.82, 2.24) is 0 Å². The topological polar surface area (TPSA) is 38.0 Å². The molecule has 0 aliphatic carbocycles. The molecule has 1 aromatic carbocycles. The van der Waals surface area contributed by atoms with Gasteiger partial charge in [0.15, 0.2) is 0 Å². The summed E-state index contributed by atoms with van der Waals surface area (Å²) in [6, 6.07) is 6.33. The number of anilines is 1. The summed E-state index contributed by atoms with van der Waals surface area (Å²) in [6.07, 6.45) is 1.05. The number of hydrogen-bond acceptors (Lipinski definition) is 3. The van der Waals surface area contributed by atoms with E-state index in [9.17, 15) is 4.39 Å². The monoisotopic (exact) mass is 264 g/mol. The standard InChI is InChI=1S/C14H17FN2S/c1-9(2)12-6-7-18-13(12)14(16)17-11-5-3-4-10(15)8-11/h3-5,8,17H,6-7,16H2,1-2H3/b14-13-. The van der Waals surface area contributed by atoms with E-state index in [1.165, 1.54) is 23.3 Å². The van der Waals surface area contributed by atoms with E-state index in [1.807, 2.05) is 0 Å². The Morgan fingerprint density at radius 2 is 2.17 bits per heavy atom. The van der Waals surface area contributed by atoms with Crippen molar-refractivity contribution in [2.45, 2.75) is 20.3 Å². The summed E-state index contributed by atoms with van der Waals surface area (Å²) in [5, 5.41) is 3.07. The molecule has 0 saturated carbocycles. The maximum atomic E-state index is 13.1. The van der Waals surface area contributed by atoms with Crippen LogP contribution >= 0.6 is 11.8 Å². The van der Waals surface area contributed by atoms with Crippen molar-refractivity contribution in [3.8, 4) is 0 Å². The number of nitrogens with one attached hydrogen (secondary N) is 1. The lowest BCUT2D eigenvalue weighted by atomic mass is 10.1. The quantitative estimate of drug-likeness (QED) is 0.852. The second-order valence-electron chi connectivity index (χ2n) is 4.46.